The van der Waals surface area contributed by atoms with Crippen molar-refractivity contribution in [1.29, 1.82) is 0 Å². The van der Waals surface area contributed by atoms with Gasteiger partial charge in [-0.3, -0.25) is 4.79 Å². The third-order valence-corrected chi connectivity index (χ3v) is 2.72. The van der Waals surface area contributed by atoms with Crippen LogP contribution in [-0.2, 0) is 11.3 Å². The smallest absolute Gasteiger partial charge is 0.203 e. The van der Waals surface area contributed by atoms with Gasteiger partial charge < -0.3 is 19.5 Å². The van der Waals surface area contributed by atoms with Crippen LogP contribution in [0.1, 0.15) is 19.4 Å². The van der Waals surface area contributed by atoms with Crippen LogP contribution in [0.4, 0.5) is 0 Å². The zero-order valence-corrected chi connectivity index (χ0v) is 12.6. The predicted molar refractivity (Wildman–Crippen MR) is 77.4 cm³/mol. The van der Waals surface area contributed by atoms with Crippen molar-refractivity contribution in [1.82, 2.24) is 5.32 Å². The highest BCUT2D eigenvalue weighted by Gasteiger charge is 2.12. The molecule has 0 bridgehead atoms. The van der Waals surface area contributed by atoms with E-state index in [9.17, 15) is 4.79 Å². The summed E-state index contributed by atoms with van der Waals surface area (Å²) in [6.45, 7) is 3.93. The molecule has 5 heteroatoms. The molecule has 0 saturated heterocycles. The van der Waals surface area contributed by atoms with Gasteiger partial charge in [0.25, 0.3) is 0 Å². The molecule has 5 nitrogen and oxygen atoms in total. The van der Waals surface area contributed by atoms with Crippen molar-refractivity contribution in [3.05, 3.63) is 29.5 Å². The van der Waals surface area contributed by atoms with Gasteiger partial charge in [-0.05, 0) is 37.6 Å². The molecule has 0 aliphatic carbocycles. The molecular formula is C15H21NO4. The van der Waals surface area contributed by atoms with Crippen molar-refractivity contribution >= 4 is 5.78 Å². The molecule has 0 aliphatic rings. The number of carbonyl (C=O) groups is 1. The zero-order valence-electron chi connectivity index (χ0n) is 12.6. The first-order valence-electron chi connectivity index (χ1n) is 6.23. The number of carbonyl (C=O) groups excluding carboxylic acids is 1. The van der Waals surface area contributed by atoms with Crippen LogP contribution in [0.2, 0.25) is 0 Å². The Bertz CT molecular complexity index is 484. The van der Waals surface area contributed by atoms with Crippen molar-refractivity contribution in [3.63, 3.8) is 0 Å². The second-order valence-corrected chi connectivity index (χ2v) is 4.33. The van der Waals surface area contributed by atoms with Crippen LogP contribution in [0.25, 0.3) is 0 Å². The van der Waals surface area contributed by atoms with E-state index in [0.29, 0.717) is 23.8 Å². The molecule has 0 unspecified atom stereocenters. The lowest BCUT2D eigenvalue weighted by Gasteiger charge is -2.14. The standard InChI is InChI=1S/C15H21NO4/c1-10(6-11(2)17)16-9-12-7-13(18-3)15(20-5)14(8-12)19-4/h6-8,16H,9H2,1-5H3/b10-6-. The second kappa shape index (κ2) is 7.43. The Morgan fingerprint density at radius 2 is 1.65 bits per heavy atom. The van der Waals surface area contributed by atoms with E-state index in [1.54, 1.807) is 27.4 Å². The lowest BCUT2D eigenvalue weighted by Crippen LogP contribution is -2.12. The van der Waals surface area contributed by atoms with E-state index in [0.717, 1.165) is 11.3 Å². The Morgan fingerprint density at radius 3 is 2.05 bits per heavy atom. The third kappa shape index (κ3) is 4.19. The van der Waals surface area contributed by atoms with Gasteiger partial charge >= 0.3 is 0 Å². The minimum atomic E-state index is 0.0138. The summed E-state index contributed by atoms with van der Waals surface area (Å²) in [6, 6.07) is 3.74. The maximum absolute atomic E-state index is 11.0. The SMILES string of the molecule is COc1cc(CN/C(C)=C\C(C)=O)cc(OC)c1OC. The van der Waals surface area contributed by atoms with E-state index in [2.05, 4.69) is 5.32 Å². The summed E-state index contributed by atoms with van der Waals surface area (Å²) in [6.07, 6.45) is 1.55. The normalized spacial score (nSPS) is 10.9. The molecule has 0 radical (unpaired) electrons. The van der Waals surface area contributed by atoms with Gasteiger partial charge in [0.2, 0.25) is 5.75 Å². The van der Waals surface area contributed by atoms with Crippen LogP contribution >= 0.6 is 0 Å². The number of benzene rings is 1. The van der Waals surface area contributed by atoms with Crippen molar-refractivity contribution < 1.29 is 19.0 Å². The molecule has 0 aliphatic heterocycles. The van der Waals surface area contributed by atoms with E-state index in [-0.39, 0.29) is 5.78 Å². The van der Waals surface area contributed by atoms with Crippen LogP contribution in [0, 0.1) is 0 Å². The summed E-state index contributed by atoms with van der Waals surface area (Å²) in [7, 11) is 4.73. The van der Waals surface area contributed by atoms with Crippen LogP contribution in [0.15, 0.2) is 23.9 Å². The monoisotopic (exact) mass is 279 g/mol. The predicted octanol–water partition coefficient (Wildman–Crippen LogP) is 2.29. The molecule has 0 amide bonds. The molecule has 0 atom stereocenters. The van der Waals surface area contributed by atoms with E-state index in [4.69, 9.17) is 14.2 Å². The van der Waals surface area contributed by atoms with Gasteiger partial charge in [-0.15, -0.1) is 0 Å². The quantitative estimate of drug-likeness (QED) is 0.776. The molecule has 0 fully saturated rings. The number of ether oxygens (including phenoxy) is 3. The van der Waals surface area contributed by atoms with E-state index < -0.39 is 0 Å². The highest BCUT2D eigenvalue weighted by atomic mass is 16.5. The summed E-state index contributed by atoms with van der Waals surface area (Å²) in [5.41, 5.74) is 1.78. The third-order valence-electron chi connectivity index (χ3n) is 2.72. The summed E-state index contributed by atoms with van der Waals surface area (Å²) < 4.78 is 15.8. The number of allylic oxidation sites excluding steroid dienone is 2. The maximum atomic E-state index is 11.0. The summed E-state index contributed by atoms with van der Waals surface area (Å²) in [4.78, 5) is 11.0. The first-order chi connectivity index (χ1) is 9.51. The van der Waals surface area contributed by atoms with Crippen LogP contribution in [-0.4, -0.2) is 27.1 Å². The Kier molecular flexibility index (Phi) is 5.90. The van der Waals surface area contributed by atoms with Gasteiger partial charge in [0, 0.05) is 12.2 Å². The number of ketones is 1. The number of hydrogen-bond acceptors (Lipinski definition) is 5. The Labute approximate surface area is 119 Å². The molecule has 0 spiro atoms. The first-order valence-corrected chi connectivity index (χ1v) is 6.23. The molecule has 0 heterocycles. The molecule has 20 heavy (non-hydrogen) atoms. The van der Waals surface area contributed by atoms with Crippen molar-refractivity contribution in [2.75, 3.05) is 21.3 Å². The molecule has 0 aromatic heterocycles. The lowest BCUT2D eigenvalue weighted by molar-refractivity contribution is -0.112. The van der Waals surface area contributed by atoms with Crippen molar-refractivity contribution in [2.24, 2.45) is 0 Å². The molecule has 1 aromatic carbocycles. The highest BCUT2D eigenvalue weighted by Crippen LogP contribution is 2.38. The zero-order chi connectivity index (χ0) is 15.1. The Morgan fingerprint density at radius 1 is 1.10 bits per heavy atom. The molecule has 1 rings (SSSR count). The second-order valence-electron chi connectivity index (χ2n) is 4.33. The number of hydrogen-bond donors (Lipinski definition) is 1. The molecule has 0 saturated carbocycles. The summed E-state index contributed by atoms with van der Waals surface area (Å²) >= 11 is 0. The summed E-state index contributed by atoms with van der Waals surface area (Å²) in [5.74, 6) is 1.79. The fraction of sp³-hybridized carbons (Fsp3) is 0.400. The van der Waals surface area contributed by atoms with E-state index >= 15 is 0 Å². The number of nitrogens with one attached hydrogen (secondary N) is 1. The Hall–Kier alpha value is -2.17. The van der Waals surface area contributed by atoms with E-state index in [1.807, 2.05) is 19.1 Å². The lowest BCUT2D eigenvalue weighted by atomic mass is 10.1. The maximum Gasteiger partial charge on any atom is 0.203 e. The molecule has 1 N–H and O–H groups in total. The van der Waals surface area contributed by atoms with Crippen LogP contribution in [0.3, 0.4) is 0 Å². The molecular weight excluding hydrogens is 258 g/mol. The number of methoxy groups -OCH3 is 3. The van der Waals surface area contributed by atoms with Crippen LogP contribution in [0.5, 0.6) is 17.2 Å². The van der Waals surface area contributed by atoms with E-state index in [1.165, 1.54) is 6.92 Å². The average Bonchev–Trinajstić information content (AvgIpc) is 2.42. The first kappa shape index (κ1) is 15.9. The van der Waals surface area contributed by atoms with Gasteiger partial charge in [0.1, 0.15) is 0 Å². The minimum absolute atomic E-state index is 0.0138. The van der Waals surface area contributed by atoms with Crippen LogP contribution < -0.4 is 19.5 Å². The molecule has 110 valence electrons. The van der Waals surface area contributed by atoms with Gasteiger partial charge in [-0.1, -0.05) is 0 Å². The average molecular weight is 279 g/mol. The topological polar surface area (TPSA) is 56.8 Å². The summed E-state index contributed by atoms with van der Waals surface area (Å²) in [5, 5.41) is 3.16. The molecule has 1 aromatic rings. The minimum Gasteiger partial charge on any atom is -0.493 e. The van der Waals surface area contributed by atoms with Crippen molar-refractivity contribution in [2.45, 2.75) is 20.4 Å². The van der Waals surface area contributed by atoms with Crippen molar-refractivity contribution in [3.8, 4) is 17.2 Å². The fourth-order valence-electron chi connectivity index (χ4n) is 1.83. The van der Waals surface area contributed by atoms with Gasteiger partial charge in [-0.25, -0.2) is 0 Å². The van der Waals surface area contributed by atoms with Gasteiger partial charge in [0.15, 0.2) is 17.3 Å². The number of rotatable bonds is 7. The van der Waals surface area contributed by atoms with Gasteiger partial charge in [-0.2, -0.15) is 0 Å². The Balaban J connectivity index is 2.94. The highest BCUT2D eigenvalue weighted by molar-refractivity contribution is 5.87. The fourth-order valence-corrected chi connectivity index (χ4v) is 1.83. The largest absolute Gasteiger partial charge is 0.493 e. The van der Waals surface area contributed by atoms with Gasteiger partial charge in [0.05, 0.1) is 21.3 Å².